The zero-order valence-corrected chi connectivity index (χ0v) is 14.5. The van der Waals surface area contributed by atoms with Crippen molar-refractivity contribution >= 4 is 6.79 Å². The molecule has 0 saturated heterocycles. The third-order valence-electron chi connectivity index (χ3n) is 2.35. The van der Waals surface area contributed by atoms with Crippen LogP contribution >= 0.6 is 0 Å². The molecule has 1 fully saturated rings. The molecule has 0 spiro atoms. The van der Waals surface area contributed by atoms with Crippen LogP contribution in [0.3, 0.4) is 0 Å². The van der Waals surface area contributed by atoms with Crippen LogP contribution in [0, 0.1) is 0 Å². The molecule has 3 heteroatoms. The molecule has 0 unspecified atom stereocenters. The van der Waals surface area contributed by atoms with Gasteiger partial charge in [-0.3, -0.25) is 0 Å². The van der Waals surface area contributed by atoms with Crippen molar-refractivity contribution in [1.82, 2.24) is 10.6 Å². The summed E-state index contributed by atoms with van der Waals surface area (Å²) < 4.78 is 0. The Kier molecular flexibility index (Phi) is 61.4. The van der Waals surface area contributed by atoms with Crippen molar-refractivity contribution in [3.8, 4) is 0 Å². The standard InChI is InChI=1S/C6H12.C4H11N.C3H9N.C2H6.CH2O/c1-2-4-6-5-3-1;1-3-4-5-2;1-3-4-2;2*1-2/h1-6H2;5H,3-4H2,1-2H3;4H,3H2,1-2H3;1-2H3;1H2. The predicted octanol–water partition coefficient (Wildman–Crippen LogP) is 4.02. The van der Waals surface area contributed by atoms with Crippen LogP contribution in [0.15, 0.2) is 0 Å². The van der Waals surface area contributed by atoms with Gasteiger partial charge in [-0.1, -0.05) is 66.2 Å². The highest BCUT2D eigenvalue weighted by Crippen LogP contribution is 2.15. The molecule has 19 heavy (non-hydrogen) atoms. The average Bonchev–Trinajstić information content (AvgIpc) is 2.54. The number of carbonyl (C=O) groups is 1. The molecule has 1 aliphatic carbocycles. The molecule has 0 amide bonds. The summed E-state index contributed by atoms with van der Waals surface area (Å²) in [4.78, 5) is 8.00. The highest BCUT2D eigenvalue weighted by Gasteiger charge is 1.95. The van der Waals surface area contributed by atoms with Gasteiger partial charge >= 0.3 is 0 Å². The van der Waals surface area contributed by atoms with E-state index >= 15 is 0 Å². The van der Waals surface area contributed by atoms with Crippen molar-refractivity contribution in [3.63, 3.8) is 0 Å². The molecular weight excluding hydrogens is 236 g/mol. The van der Waals surface area contributed by atoms with Crippen molar-refractivity contribution in [2.75, 3.05) is 27.2 Å². The first-order valence-electron chi connectivity index (χ1n) is 7.91. The van der Waals surface area contributed by atoms with Crippen LogP contribution < -0.4 is 10.6 Å². The zero-order chi connectivity index (χ0) is 15.8. The summed E-state index contributed by atoms with van der Waals surface area (Å²) >= 11 is 0. The van der Waals surface area contributed by atoms with Gasteiger partial charge in [-0.2, -0.15) is 0 Å². The minimum absolute atomic E-state index is 1.07. The summed E-state index contributed by atoms with van der Waals surface area (Å²) in [6.45, 7) is 12.4. The fourth-order valence-electron chi connectivity index (χ4n) is 1.31. The molecule has 0 radical (unpaired) electrons. The molecule has 0 heterocycles. The van der Waals surface area contributed by atoms with Crippen LogP contribution in [0.1, 0.15) is 72.6 Å². The largest absolute Gasteiger partial charge is 0.320 e. The van der Waals surface area contributed by atoms with Gasteiger partial charge < -0.3 is 15.4 Å². The number of hydrogen-bond acceptors (Lipinski definition) is 3. The second kappa shape index (κ2) is 43.2. The Morgan fingerprint density at radius 3 is 1.11 bits per heavy atom. The monoisotopic (exact) mass is 276 g/mol. The molecule has 0 aromatic rings. The molecule has 1 saturated carbocycles. The Labute approximate surface area is 122 Å². The lowest BCUT2D eigenvalue weighted by Gasteiger charge is -2.05. The van der Waals surface area contributed by atoms with Gasteiger partial charge in [0.1, 0.15) is 6.79 Å². The summed E-state index contributed by atoms with van der Waals surface area (Å²) in [6, 6.07) is 0. The second-order valence-electron chi connectivity index (χ2n) is 3.93. The molecular formula is C16H40N2O. The smallest absolute Gasteiger partial charge is 0.106 e. The minimum Gasteiger partial charge on any atom is -0.320 e. The second-order valence-corrected chi connectivity index (χ2v) is 3.93. The number of hydrogen-bond donors (Lipinski definition) is 2. The first-order valence-corrected chi connectivity index (χ1v) is 7.91. The molecule has 0 aliphatic heterocycles. The van der Waals surface area contributed by atoms with Crippen LogP contribution in [0.5, 0.6) is 0 Å². The Bertz CT molecular complexity index is 81.2. The maximum atomic E-state index is 8.00. The highest BCUT2D eigenvalue weighted by molar-refractivity contribution is 5.10. The van der Waals surface area contributed by atoms with Crippen LogP contribution in [-0.4, -0.2) is 34.0 Å². The third kappa shape index (κ3) is 57.9. The lowest BCUT2D eigenvalue weighted by atomic mass is 10.0. The normalized spacial score (nSPS) is 11.9. The van der Waals surface area contributed by atoms with Crippen molar-refractivity contribution in [1.29, 1.82) is 0 Å². The van der Waals surface area contributed by atoms with Gasteiger partial charge in [0, 0.05) is 0 Å². The molecule has 2 N–H and O–H groups in total. The van der Waals surface area contributed by atoms with Gasteiger partial charge in [0.05, 0.1) is 0 Å². The average molecular weight is 277 g/mol. The maximum Gasteiger partial charge on any atom is 0.106 e. The van der Waals surface area contributed by atoms with E-state index in [0.29, 0.717) is 0 Å². The Morgan fingerprint density at radius 1 is 0.789 bits per heavy atom. The summed E-state index contributed by atoms with van der Waals surface area (Å²) in [5.74, 6) is 0. The molecule has 1 rings (SSSR count). The van der Waals surface area contributed by atoms with Gasteiger partial charge in [-0.25, -0.2) is 0 Å². The topological polar surface area (TPSA) is 41.1 Å². The fraction of sp³-hybridized carbons (Fsp3) is 0.938. The van der Waals surface area contributed by atoms with Crippen LogP contribution in [-0.2, 0) is 4.79 Å². The zero-order valence-electron chi connectivity index (χ0n) is 14.5. The summed E-state index contributed by atoms with van der Waals surface area (Å²) in [7, 11) is 3.89. The highest BCUT2D eigenvalue weighted by atomic mass is 16.1. The van der Waals surface area contributed by atoms with Crippen molar-refractivity contribution in [2.24, 2.45) is 0 Å². The van der Waals surface area contributed by atoms with E-state index in [4.69, 9.17) is 4.79 Å². The number of carbonyl (C=O) groups excluding carboxylic acids is 1. The molecule has 3 nitrogen and oxygen atoms in total. The van der Waals surface area contributed by atoms with Gasteiger partial charge in [-0.05, 0) is 33.6 Å². The van der Waals surface area contributed by atoms with E-state index in [-0.39, 0.29) is 0 Å². The van der Waals surface area contributed by atoms with Crippen LogP contribution in [0.25, 0.3) is 0 Å². The number of nitrogens with one attached hydrogen (secondary N) is 2. The van der Waals surface area contributed by atoms with Gasteiger partial charge in [0.15, 0.2) is 0 Å². The Morgan fingerprint density at radius 2 is 1.05 bits per heavy atom. The molecule has 120 valence electrons. The van der Waals surface area contributed by atoms with Gasteiger partial charge in [0.25, 0.3) is 0 Å². The van der Waals surface area contributed by atoms with E-state index in [1.54, 1.807) is 0 Å². The summed E-state index contributed by atoms with van der Waals surface area (Å²) in [5, 5.41) is 5.95. The summed E-state index contributed by atoms with van der Waals surface area (Å²) in [6.07, 6.45) is 10.2. The molecule has 0 atom stereocenters. The van der Waals surface area contributed by atoms with Crippen molar-refractivity contribution in [2.45, 2.75) is 72.6 Å². The lowest BCUT2D eigenvalue weighted by molar-refractivity contribution is -0.0979. The number of rotatable bonds is 3. The maximum absolute atomic E-state index is 8.00. The van der Waals surface area contributed by atoms with E-state index in [9.17, 15) is 0 Å². The first kappa shape index (κ1) is 27.0. The molecule has 0 bridgehead atoms. The summed E-state index contributed by atoms with van der Waals surface area (Å²) in [5.41, 5.74) is 0. The SMILES string of the molecule is C1CCCCC1.C=O.CC.CCCNC.CCNC. The van der Waals surface area contributed by atoms with Gasteiger partial charge in [-0.15, -0.1) is 0 Å². The van der Waals surface area contributed by atoms with Crippen molar-refractivity contribution in [3.05, 3.63) is 0 Å². The minimum atomic E-state index is 1.07. The Hall–Kier alpha value is -0.410. The molecule has 1 aliphatic rings. The Balaban J connectivity index is -0.0000000799. The van der Waals surface area contributed by atoms with E-state index in [2.05, 4.69) is 24.5 Å². The lowest BCUT2D eigenvalue weighted by Crippen LogP contribution is -2.04. The predicted molar refractivity (Wildman–Crippen MR) is 90.0 cm³/mol. The fourth-order valence-corrected chi connectivity index (χ4v) is 1.31. The van der Waals surface area contributed by atoms with E-state index in [1.807, 2.05) is 34.7 Å². The van der Waals surface area contributed by atoms with Crippen molar-refractivity contribution < 1.29 is 4.79 Å². The molecule has 0 aromatic carbocycles. The van der Waals surface area contributed by atoms with E-state index in [0.717, 1.165) is 13.1 Å². The van der Waals surface area contributed by atoms with Crippen LogP contribution in [0.4, 0.5) is 0 Å². The van der Waals surface area contributed by atoms with Crippen LogP contribution in [0.2, 0.25) is 0 Å². The third-order valence-corrected chi connectivity index (χ3v) is 2.35. The van der Waals surface area contributed by atoms with Gasteiger partial charge in [0.2, 0.25) is 0 Å². The van der Waals surface area contributed by atoms with E-state index < -0.39 is 0 Å². The molecule has 0 aromatic heterocycles. The first-order chi connectivity index (χ1) is 9.33. The quantitative estimate of drug-likeness (QED) is 0.818. The van der Waals surface area contributed by atoms with E-state index in [1.165, 1.54) is 44.9 Å².